The van der Waals surface area contributed by atoms with Crippen LogP contribution in [-0.4, -0.2) is 24.9 Å². The standard InChI is InChI=1S/C21H21N7/c1-13-6-8-15(9-7-13)18-19(16-5-3-4-10-23-16)27-17(26-18)12-25-21-24-11-14(2)20(22)28-21/h3-11H,12H2,1-2H3,(H,26,27)(H3,22,24,25,28). The number of hydrogen-bond acceptors (Lipinski definition) is 6. The van der Waals surface area contributed by atoms with Crippen molar-refractivity contribution in [3.63, 3.8) is 0 Å². The van der Waals surface area contributed by atoms with Gasteiger partial charge in [0.25, 0.3) is 0 Å². The van der Waals surface area contributed by atoms with Crippen LogP contribution in [-0.2, 0) is 6.54 Å². The third-order valence-electron chi connectivity index (χ3n) is 4.42. The zero-order valence-corrected chi connectivity index (χ0v) is 15.8. The second-order valence-electron chi connectivity index (χ2n) is 6.60. The van der Waals surface area contributed by atoms with Crippen LogP contribution in [0.4, 0.5) is 11.8 Å². The van der Waals surface area contributed by atoms with Gasteiger partial charge in [0.2, 0.25) is 5.95 Å². The Labute approximate surface area is 163 Å². The molecule has 7 heteroatoms. The van der Waals surface area contributed by atoms with Crippen LogP contribution in [0.5, 0.6) is 0 Å². The van der Waals surface area contributed by atoms with Gasteiger partial charge in [0.05, 0.1) is 23.6 Å². The number of pyridine rings is 1. The second-order valence-corrected chi connectivity index (χ2v) is 6.60. The van der Waals surface area contributed by atoms with Gasteiger partial charge in [-0.15, -0.1) is 0 Å². The van der Waals surface area contributed by atoms with E-state index in [0.29, 0.717) is 18.3 Å². The molecule has 0 aliphatic carbocycles. The van der Waals surface area contributed by atoms with Crippen molar-refractivity contribution in [1.82, 2.24) is 24.9 Å². The van der Waals surface area contributed by atoms with E-state index in [1.807, 2.05) is 25.1 Å². The Hall–Kier alpha value is -3.74. The monoisotopic (exact) mass is 371 g/mol. The summed E-state index contributed by atoms with van der Waals surface area (Å²) in [6.07, 6.45) is 3.47. The van der Waals surface area contributed by atoms with E-state index in [1.165, 1.54) is 5.56 Å². The smallest absolute Gasteiger partial charge is 0.224 e. The first-order valence-corrected chi connectivity index (χ1v) is 9.00. The number of aromatic amines is 1. The molecule has 0 spiro atoms. The molecule has 140 valence electrons. The van der Waals surface area contributed by atoms with Crippen molar-refractivity contribution in [3.05, 3.63) is 71.8 Å². The highest BCUT2D eigenvalue weighted by molar-refractivity contribution is 5.76. The Morgan fingerprint density at radius 2 is 1.82 bits per heavy atom. The summed E-state index contributed by atoms with van der Waals surface area (Å²) in [5.74, 6) is 1.70. The van der Waals surface area contributed by atoms with E-state index in [0.717, 1.165) is 34.0 Å². The topological polar surface area (TPSA) is 105 Å². The number of nitrogens with two attached hydrogens (primary N) is 1. The van der Waals surface area contributed by atoms with Gasteiger partial charge in [0.15, 0.2) is 0 Å². The lowest BCUT2D eigenvalue weighted by molar-refractivity contribution is 0.967. The molecule has 0 fully saturated rings. The number of benzene rings is 1. The maximum Gasteiger partial charge on any atom is 0.224 e. The summed E-state index contributed by atoms with van der Waals surface area (Å²) in [4.78, 5) is 21.2. The fourth-order valence-electron chi connectivity index (χ4n) is 2.83. The van der Waals surface area contributed by atoms with Crippen molar-refractivity contribution in [2.45, 2.75) is 20.4 Å². The summed E-state index contributed by atoms with van der Waals surface area (Å²) in [5.41, 5.74) is 11.5. The molecule has 1 aromatic carbocycles. The van der Waals surface area contributed by atoms with Gasteiger partial charge in [-0.1, -0.05) is 35.9 Å². The molecule has 0 bridgehead atoms. The molecule has 4 N–H and O–H groups in total. The maximum atomic E-state index is 5.86. The van der Waals surface area contributed by atoms with Crippen molar-refractivity contribution >= 4 is 11.8 Å². The lowest BCUT2D eigenvalue weighted by Gasteiger charge is -2.04. The van der Waals surface area contributed by atoms with Crippen LogP contribution in [0.25, 0.3) is 22.6 Å². The van der Waals surface area contributed by atoms with Gasteiger partial charge in [-0.25, -0.2) is 9.97 Å². The molecule has 3 heterocycles. The summed E-state index contributed by atoms with van der Waals surface area (Å²) in [6.45, 7) is 4.38. The van der Waals surface area contributed by atoms with E-state index in [1.54, 1.807) is 12.4 Å². The number of nitrogens with one attached hydrogen (secondary N) is 2. The highest BCUT2D eigenvalue weighted by Crippen LogP contribution is 2.29. The number of nitrogens with zero attached hydrogens (tertiary/aromatic N) is 4. The minimum absolute atomic E-state index is 0.439. The van der Waals surface area contributed by atoms with Gasteiger partial charge < -0.3 is 16.0 Å². The van der Waals surface area contributed by atoms with Gasteiger partial charge in [0, 0.05) is 23.5 Å². The summed E-state index contributed by atoms with van der Waals surface area (Å²) in [7, 11) is 0. The fraction of sp³-hybridized carbons (Fsp3) is 0.143. The van der Waals surface area contributed by atoms with E-state index < -0.39 is 0 Å². The number of rotatable bonds is 5. The van der Waals surface area contributed by atoms with Gasteiger partial charge in [-0.05, 0) is 26.0 Å². The highest BCUT2D eigenvalue weighted by Gasteiger charge is 2.15. The van der Waals surface area contributed by atoms with Crippen LogP contribution >= 0.6 is 0 Å². The van der Waals surface area contributed by atoms with Gasteiger partial charge in [-0.2, -0.15) is 4.98 Å². The van der Waals surface area contributed by atoms with Crippen LogP contribution in [0.1, 0.15) is 17.0 Å². The van der Waals surface area contributed by atoms with E-state index >= 15 is 0 Å². The largest absolute Gasteiger partial charge is 0.383 e. The number of H-pyrrole nitrogens is 1. The van der Waals surface area contributed by atoms with Crippen LogP contribution in [0.2, 0.25) is 0 Å². The van der Waals surface area contributed by atoms with E-state index in [2.05, 4.69) is 56.4 Å². The van der Waals surface area contributed by atoms with E-state index in [4.69, 9.17) is 10.7 Å². The normalized spacial score (nSPS) is 10.8. The molecule has 0 amide bonds. The molecule has 0 radical (unpaired) electrons. The molecule has 7 nitrogen and oxygen atoms in total. The maximum absolute atomic E-state index is 5.86. The van der Waals surface area contributed by atoms with Crippen LogP contribution in [0, 0.1) is 13.8 Å². The van der Waals surface area contributed by atoms with Crippen LogP contribution < -0.4 is 11.1 Å². The van der Waals surface area contributed by atoms with E-state index in [-0.39, 0.29) is 0 Å². The molecule has 0 saturated heterocycles. The average molecular weight is 371 g/mol. The predicted molar refractivity (Wildman–Crippen MR) is 110 cm³/mol. The number of imidazole rings is 1. The van der Waals surface area contributed by atoms with Gasteiger partial charge in [-0.3, -0.25) is 4.98 Å². The lowest BCUT2D eigenvalue weighted by atomic mass is 10.1. The first kappa shape index (κ1) is 17.7. The Kier molecular flexibility index (Phi) is 4.72. The summed E-state index contributed by atoms with van der Waals surface area (Å²) in [5, 5.41) is 3.17. The third kappa shape index (κ3) is 3.68. The number of hydrogen-bond donors (Lipinski definition) is 3. The molecular weight excluding hydrogens is 350 g/mol. The summed E-state index contributed by atoms with van der Waals surface area (Å²) < 4.78 is 0. The Morgan fingerprint density at radius 1 is 1.00 bits per heavy atom. The van der Waals surface area contributed by atoms with Crippen molar-refractivity contribution in [3.8, 4) is 22.6 Å². The number of aryl methyl sites for hydroxylation is 2. The molecular formula is C21H21N7. The van der Waals surface area contributed by atoms with Crippen molar-refractivity contribution in [2.24, 2.45) is 0 Å². The quantitative estimate of drug-likeness (QED) is 0.493. The van der Waals surface area contributed by atoms with Gasteiger partial charge >= 0.3 is 0 Å². The molecule has 0 aliphatic rings. The Balaban J connectivity index is 1.66. The molecule has 4 aromatic rings. The highest BCUT2D eigenvalue weighted by atomic mass is 15.1. The first-order valence-electron chi connectivity index (χ1n) is 9.00. The van der Waals surface area contributed by atoms with Crippen molar-refractivity contribution in [2.75, 3.05) is 11.1 Å². The first-order chi connectivity index (χ1) is 13.6. The number of anilines is 2. The summed E-state index contributed by atoms with van der Waals surface area (Å²) >= 11 is 0. The summed E-state index contributed by atoms with van der Waals surface area (Å²) in [6, 6.07) is 14.1. The Bertz CT molecular complexity index is 1090. The molecule has 0 unspecified atom stereocenters. The zero-order chi connectivity index (χ0) is 19.5. The molecule has 3 aromatic heterocycles. The third-order valence-corrected chi connectivity index (χ3v) is 4.42. The number of aromatic nitrogens is 5. The van der Waals surface area contributed by atoms with Crippen LogP contribution in [0.15, 0.2) is 54.9 Å². The van der Waals surface area contributed by atoms with Crippen molar-refractivity contribution < 1.29 is 0 Å². The second kappa shape index (κ2) is 7.48. The van der Waals surface area contributed by atoms with Gasteiger partial charge in [0.1, 0.15) is 11.6 Å². The molecule has 28 heavy (non-hydrogen) atoms. The SMILES string of the molecule is Cc1ccc(-c2nc(CNc3ncc(C)c(N)n3)[nH]c2-c2ccccn2)cc1. The molecule has 4 rings (SSSR count). The Morgan fingerprint density at radius 3 is 2.54 bits per heavy atom. The minimum atomic E-state index is 0.439. The average Bonchev–Trinajstić information content (AvgIpc) is 3.14. The van der Waals surface area contributed by atoms with Crippen molar-refractivity contribution in [1.29, 1.82) is 0 Å². The molecule has 0 aliphatic heterocycles. The number of nitrogen functional groups attached to an aromatic ring is 1. The molecule has 0 atom stereocenters. The minimum Gasteiger partial charge on any atom is -0.383 e. The van der Waals surface area contributed by atoms with E-state index in [9.17, 15) is 0 Å². The fourth-order valence-corrected chi connectivity index (χ4v) is 2.83. The predicted octanol–water partition coefficient (Wildman–Crippen LogP) is 3.74. The molecule has 0 saturated carbocycles. The lowest BCUT2D eigenvalue weighted by Crippen LogP contribution is -2.07. The van der Waals surface area contributed by atoms with Crippen LogP contribution in [0.3, 0.4) is 0 Å². The zero-order valence-electron chi connectivity index (χ0n) is 15.8.